The number of H-pyrrole nitrogens is 1. The van der Waals surface area contributed by atoms with Crippen LogP contribution < -0.4 is 5.56 Å². The average molecular weight is 424 g/mol. The molecule has 1 amide bonds. The summed E-state index contributed by atoms with van der Waals surface area (Å²) in [7, 11) is 3.97. The minimum absolute atomic E-state index is 0.143. The maximum Gasteiger partial charge on any atom is 0.255 e. The summed E-state index contributed by atoms with van der Waals surface area (Å²) in [6.45, 7) is 2.87. The van der Waals surface area contributed by atoms with Crippen LogP contribution in [0.2, 0.25) is 0 Å². The molecular weight excluding hydrogens is 390 g/mol. The Kier molecular flexibility index (Phi) is 5.46. The normalized spacial score (nSPS) is 22.4. The van der Waals surface area contributed by atoms with Crippen molar-refractivity contribution in [3.8, 4) is 0 Å². The number of aromatic nitrogens is 3. The van der Waals surface area contributed by atoms with Gasteiger partial charge in [0, 0.05) is 61.9 Å². The zero-order valence-corrected chi connectivity index (χ0v) is 18.7. The number of carbonyl (C=O) groups is 1. The molecule has 2 aliphatic heterocycles. The van der Waals surface area contributed by atoms with Crippen molar-refractivity contribution in [1.82, 2.24) is 24.6 Å². The van der Waals surface area contributed by atoms with Crippen LogP contribution in [0.1, 0.15) is 59.8 Å². The average Bonchev–Trinajstić information content (AvgIpc) is 3.17. The predicted octanol–water partition coefficient (Wildman–Crippen LogP) is 2.09. The highest BCUT2D eigenvalue weighted by Gasteiger charge is 2.36. The molecule has 0 unspecified atom stereocenters. The highest BCUT2D eigenvalue weighted by atomic mass is 16.2. The molecule has 1 aliphatic carbocycles. The molecule has 1 fully saturated rings. The number of nitrogens with one attached hydrogen (secondary N) is 1. The number of likely N-dealkylation sites (tertiary alicyclic amines) is 1. The van der Waals surface area contributed by atoms with E-state index in [9.17, 15) is 9.59 Å². The molecule has 0 aromatic carbocycles. The Morgan fingerprint density at radius 3 is 2.87 bits per heavy atom. The van der Waals surface area contributed by atoms with Gasteiger partial charge < -0.3 is 14.4 Å². The summed E-state index contributed by atoms with van der Waals surface area (Å²) in [5.74, 6) is 0.846. The van der Waals surface area contributed by atoms with Crippen molar-refractivity contribution >= 4 is 5.91 Å². The number of piperidine rings is 1. The van der Waals surface area contributed by atoms with Crippen LogP contribution in [0.3, 0.4) is 0 Å². The molecule has 7 nitrogen and oxygen atoms in total. The fourth-order valence-corrected chi connectivity index (χ4v) is 5.80. The monoisotopic (exact) mass is 423 g/mol. The van der Waals surface area contributed by atoms with Gasteiger partial charge in [-0.25, -0.2) is 0 Å². The summed E-state index contributed by atoms with van der Waals surface area (Å²) < 4.78 is 1.98. The predicted molar refractivity (Wildman–Crippen MR) is 119 cm³/mol. The van der Waals surface area contributed by atoms with Crippen LogP contribution in [0.15, 0.2) is 16.9 Å². The van der Waals surface area contributed by atoms with E-state index in [1.165, 1.54) is 24.1 Å². The van der Waals surface area contributed by atoms with E-state index in [1.807, 2.05) is 34.5 Å². The molecule has 1 N–H and O–H groups in total. The first-order valence-electron chi connectivity index (χ1n) is 11.7. The Labute approximate surface area is 183 Å². The van der Waals surface area contributed by atoms with Gasteiger partial charge in [-0.3, -0.25) is 14.7 Å². The molecule has 0 saturated carbocycles. The number of carbonyl (C=O) groups excluding carboxylic acids is 1. The lowest BCUT2D eigenvalue weighted by atomic mass is 9.82. The first-order chi connectivity index (χ1) is 15.0. The quantitative estimate of drug-likeness (QED) is 0.799. The smallest absolute Gasteiger partial charge is 0.255 e. The van der Waals surface area contributed by atoms with E-state index in [0.29, 0.717) is 18.9 Å². The van der Waals surface area contributed by atoms with Gasteiger partial charge in [0.05, 0.1) is 5.69 Å². The summed E-state index contributed by atoms with van der Waals surface area (Å²) in [6.07, 6.45) is 6.93. The molecule has 3 aliphatic rings. The van der Waals surface area contributed by atoms with Gasteiger partial charge in [0.2, 0.25) is 5.91 Å². The van der Waals surface area contributed by atoms with E-state index >= 15 is 0 Å². The molecule has 2 atom stereocenters. The number of hydrogen-bond acceptors (Lipinski definition) is 4. The second kappa shape index (κ2) is 8.26. The van der Waals surface area contributed by atoms with E-state index < -0.39 is 0 Å². The molecular formula is C24H33N5O2. The number of nitrogens with zero attached hydrogens (tertiary/aromatic N) is 4. The largest absolute Gasteiger partial charge is 0.342 e. The fraction of sp³-hybridized carbons (Fsp3) is 0.625. The summed E-state index contributed by atoms with van der Waals surface area (Å²) in [5, 5.41) is 7.69. The summed E-state index contributed by atoms with van der Waals surface area (Å²) >= 11 is 0. The summed E-state index contributed by atoms with van der Waals surface area (Å²) in [4.78, 5) is 30.1. The van der Waals surface area contributed by atoms with Gasteiger partial charge in [-0.1, -0.05) is 6.07 Å². The van der Waals surface area contributed by atoms with E-state index in [1.54, 1.807) is 0 Å². The van der Waals surface area contributed by atoms with Crippen molar-refractivity contribution in [2.75, 3.05) is 27.2 Å². The molecule has 2 bridgehead atoms. The Morgan fingerprint density at radius 2 is 2.03 bits per heavy atom. The van der Waals surface area contributed by atoms with E-state index in [4.69, 9.17) is 0 Å². The summed E-state index contributed by atoms with van der Waals surface area (Å²) in [6, 6.07) is 4.10. The van der Waals surface area contributed by atoms with Crippen LogP contribution in [0, 0.1) is 5.92 Å². The standard InChI is InChI=1S/C24H33N5O2/c1-27(2)14-17-7-9-22-18-11-16(13-29(22)24(17)31)12-28(15-18)23(30)10-8-21-19-5-3-4-6-20(19)25-26-21/h7,9,16,18H,3-6,8,10-15H2,1-2H3,(H,25,26)/t16-,18+/m0/s1. The van der Waals surface area contributed by atoms with Crippen LogP contribution in [0.5, 0.6) is 0 Å². The van der Waals surface area contributed by atoms with Crippen LogP contribution in [-0.4, -0.2) is 57.7 Å². The van der Waals surface area contributed by atoms with Crippen LogP contribution in [0.25, 0.3) is 0 Å². The Hall–Kier alpha value is -2.41. The molecule has 2 aromatic heterocycles. The number of fused-ring (bicyclic) bond motifs is 5. The number of aryl methyl sites for hydroxylation is 2. The van der Waals surface area contributed by atoms with E-state index in [2.05, 4.69) is 16.3 Å². The Morgan fingerprint density at radius 1 is 1.19 bits per heavy atom. The van der Waals surface area contributed by atoms with Crippen molar-refractivity contribution < 1.29 is 4.79 Å². The first-order valence-corrected chi connectivity index (χ1v) is 11.7. The molecule has 4 heterocycles. The van der Waals surface area contributed by atoms with Gasteiger partial charge in [0.1, 0.15) is 0 Å². The van der Waals surface area contributed by atoms with Crippen LogP contribution in [-0.2, 0) is 37.1 Å². The van der Waals surface area contributed by atoms with Crippen LogP contribution in [0.4, 0.5) is 0 Å². The lowest BCUT2D eigenvalue weighted by molar-refractivity contribution is -0.133. The third kappa shape index (κ3) is 3.95. The molecule has 2 aromatic rings. The topological polar surface area (TPSA) is 74.2 Å². The molecule has 5 rings (SSSR count). The maximum absolute atomic E-state index is 13.1. The SMILES string of the molecule is CN(C)Cc1ccc2n(c1=O)C[C@H]1C[C@@H]2CN(C(=O)CCc2n[nH]c3c2CCCC3)C1. The lowest BCUT2D eigenvalue weighted by Gasteiger charge is -2.43. The summed E-state index contributed by atoms with van der Waals surface area (Å²) in [5.41, 5.74) is 5.81. The maximum atomic E-state index is 13.1. The zero-order valence-electron chi connectivity index (χ0n) is 18.7. The van der Waals surface area contributed by atoms with Gasteiger partial charge in [0.15, 0.2) is 0 Å². The first kappa shape index (κ1) is 20.5. The molecule has 7 heteroatoms. The van der Waals surface area contributed by atoms with Gasteiger partial charge in [-0.05, 0) is 63.7 Å². The number of hydrogen-bond donors (Lipinski definition) is 1. The number of pyridine rings is 1. The third-order valence-corrected chi connectivity index (χ3v) is 7.24. The highest BCUT2D eigenvalue weighted by molar-refractivity contribution is 5.76. The van der Waals surface area contributed by atoms with Gasteiger partial charge >= 0.3 is 0 Å². The molecule has 0 radical (unpaired) electrons. The zero-order chi connectivity index (χ0) is 21.5. The second-order valence-corrected chi connectivity index (χ2v) is 9.87. The van der Waals surface area contributed by atoms with Crippen molar-refractivity contribution in [2.24, 2.45) is 5.92 Å². The fourth-order valence-electron chi connectivity index (χ4n) is 5.80. The van der Waals surface area contributed by atoms with Crippen molar-refractivity contribution in [2.45, 2.75) is 64.0 Å². The minimum atomic E-state index is 0.143. The van der Waals surface area contributed by atoms with Crippen molar-refractivity contribution in [1.29, 1.82) is 0 Å². The van der Waals surface area contributed by atoms with E-state index in [0.717, 1.165) is 62.3 Å². The molecule has 1 saturated heterocycles. The lowest BCUT2D eigenvalue weighted by Crippen LogP contribution is -2.49. The third-order valence-electron chi connectivity index (χ3n) is 7.24. The van der Waals surface area contributed by atoms with Gasteiger partial charge in [-0.15, -0.1) is 0 Å². The second-order valence-electron chi connectivity index (χ2n) is 9.87. The Balaban J connectivity index is 1.27. The number of aromatic amines is 1. The van der Waals surface area contributed by atoms with Gasteiger partial charge in [0.25, 0.3) is 5.56 Å². The van der Waals surface area contributed by atoms with Gasteiger partial charge in [-0.2, -0.15) is 5.10 Å². The van der Waals surface area contributed by atoms with Crippen LogP contribution >= 0.6 is 0 Å². The Bertz CT molecular complexity index is 1040. The highest BCUT2D eigenvalue weighted by Crippen LogP contribution is 2.35. The number of amides is 1. The van der Waals surface area contributed by atoms with Crippen molar-refractivity contribution in [3.63, 3.8) is 0 Å². The van der Waals surface area contributed by atoms with E-state index in [-0.39, 0.29) is 17.4 Å². The molecule has 166 valence electrons. The molecule has 31 heavy (non-hydrogen) atoms. The van der Waals surface area contributed by atoms with Crippen molar-refractivity contribution in [3.05, 3.63) is 50.7 Å². The number of rotatable bonds is 5. The minimum Gasteiger partial charge on any atom is -0.342 e. The molecule has 0 spiro atoms.